The lowest BCUT2D eigenvalue weighted by Crippen LogP contribution is -2.29. The van der Waals surface area contributed by atoms with Gasteiger partial charge in [0, 0.05) is 12.1 Å². The Morgan fingerprint density at radius 1 is 1.25 bits per heavy atom. The number of amides is 2. The van der Waals surface area contributed by atoms with Gasteiger partial charge in [0.05, 0.1) is 4.91 Å². The Morgan fingerprint density at radius 2 is 2.00 bits per heavy atom. The molecule has 1 N–H and O–H groups in total. The summed E-state index contributed by atoms with van der Waals surface area (Å²) in [5, 5.41) is 9.47. The highest BCUT2D eigenvalue weighted by Gasteiger charge is 2.34. The van der Waals surface area contributed by atoms with Crippen LogP contribution in [-0.2, 0) is 4.79 Å². The molecule has 106 valence electrons. The van der Waals surface area contributed by atoms with Crippen molar-refractivity contribution in [3.63, 3.8) is 0 Å². The van der Waals surface area contributed by atoms with Gasteiger partial charge in [-0.25, -0.2) is 0 Å². The zero-order valence-corrected chi connectivity index (χ0v) is 12.2. The van der Waals surface area contributed by atoms with Gasteiger partial charge in [-0.05, 0) is 30.3 Å². The van der Waals surface area contributed by atoms with E-state index in [-0.39, 0.29) is 16.9 Å². The lowest BCUT2D eigenvalue weighted by atomic mass is 10.2. The standard InChI is InChI=1S/C15H17NO3S/c1-2-3-6-9-16-14(18)13(20-15(16)19)10-11-7-4-5-8-12(11)17/h4-5,7-8,10,17H,2-3,6,9H2,1H3/b13-10-. The van der Waals surface area contributed by atoms with Gasteiger partial charge in [0.1, 0.15) is 5.75 Å². The largest absolute Gasteiger partial charge is 0.507 e. The van der Waals surface area contributed by atoms with Gasteiger partial charge in [0.25, 0.3) is 11.1 Å². The SMILES string of the molecule is CCCCCN1C(=O)S/C(=C\c2ccccc2O)C1=O. The predicted octanol–water partition coefficient (Wildman–Crippen LogP) is 3.62. The zero-order valence-electron chi connectivity index (χ0n) is 11.3. The fourth-order valence-electron chi connectivity index (χ4n) is 1.96. The van der Waals surface area contributed by atoms with Gasteiger partial charge in [0.15, 0.2) is 0 Å². The van der Waals surface area contributed by atoms with Crippen molar-refractivity contribution in [1.29, 1.82) is 0 Å². The van der Waals surface area contributed by atoms with Crippen LogP contribution in [0.2, 0.25) is 0 Å². The Hall–Kier alpha value is -1.75. The first-order valence-electron chi connectivity index (χ1n) is 6.67. The van der Waals surface area contributed by atoms with E-state index in [0.717, 1.165) is 31.0 Å². The van der Waals surface area contributed by atoms with Gasteiger partial charge in [-0.15, -0.1) is 0 Å². The van der Waals surface area contributed by atoms with Crippen LogP contribution in [0.3, 0.4) is 0 Å². The van der Waals surface area contributed by atoms with Crippen LogP contribution in [0, 0.1) is 0 Å². The number of rotatable bonds is 5. The van der Waals surface area contributed by atoms with E-state index in [1.807, 2.05) is 0 Å². The molecule has 0 bridgehead atoms. The molecule has 0 atom stereocenters. The third kappa shape index (κ3) is 3.22. The van der Waals surface area contributed by atoms with E-state index in [9.17, 15) is 14.7 Å². The van der Waals surface area contributed by atoms with Crippen molar-refractivity contribution in [2.45, 2.75) is 26.2 Å². The molecule has 0 aliphatic carbocycles. The summed E-state index contributed by atoms with van der Waals surface area (Å²) < 4.78 is 0. The van der Waals surface area contributed by atoms with Crippen molar-refractivity contribution in [1.82, 2.24) is 4.90 Å². The summed E-state index contributed by atoms with van der Waals surface area (Å²) in [7, 11) is 0. The molecule has 1 aliphatic heterocycles. The molecule has 1 aliphatic rings. The first kappa shape index (κ1) is 14.7. The molecule has 1 aromatic rings. The fraction of sp³-hybridized carbons (Fsp3) is 0.333. The van der Waals surface area contributed by atoms with Crippen LogP contribution in [0.15, 0.2) is 29.2 Å². The minimum atomic E-state index is -0.264. The number of nitrogens with zero attached hydrogens (tertiary/aromatic N) is 1. The normalized spacial score (nSPS) is 17.2. The summed E-state index contributed by atoms with van der Waals surface area (Å²) in [5.41, 5.74) is 0.548. The highest BCUT2D eigenvalue weighted by molar-refractivity contribution is 8.18. The maximum absolute atomic E-state index is 12.2. The Labute approximate surface area is 122 Å². The van der Waals surface area contributed by atoms with E-state index < -0.39 is 0 Å². The Bertz CT molecular complexity index is 554. The van der Waals surface area contributed by atoms with E-state index in [1.165, 1.54) is 4.90 Å². The smallest absolute Gasteiger partial charge is 0.293 e. The van der Waals surface area contributed by atoms with E-state index in [1.54, 1.807) is 30.3 Å². The van der Waals surface area contributed by atoms with Crippen molar-refractivity contribution in [2.24, 2.45) is 0 Å². The summed E-state index contributed by atoms with van der Waals surface area (Å²) in [6.45, 7) is 2.54. The van der Waals surface area contributed by atoms with Crippen molar-refractivity contribution >= 4 is 29.0 Å². The molecular weight excluding hydrogens is 274 g/mol. The fourth-order valence-corrected chi connectivity index (χ4v) is 2.82. The molecule has 0 saturated carbocycles. The summed E-state index contributed by atoms with van der Waals surface area (Å²) in [6, 6.07) is 6.75. The number of carbonyl (C=O) groups excluding carboxylic acids is 2. The highest BCUT2D eigenvalue weighted by Crippen LogP contribution is 2.33. The van der Waals surface area contributed by atoms with E-state index in [4.69, 9.17) is 0 Å². The van der Waals surface area contributed by atoms with Gasteiger partial charge in [-0.2, -0.15) is 0 Å². The Balaban J connectivity index is 2.13. The van der Waals surface area contributed by atoms with E-state index >= 15 is 0 Å². The molecule has 2 rings (SSSR count). The molecule has 0 aromatic heterocycles. The number of phenolic OH excluding ortho intramolecular Hbond substituents is 1. The predicted molar refractivity (Wildman–Crippen MR) is 80.3 cm³/mol. The average Bonchev–Trinajstić information content (AvgIpc) is 2.69. The molecule has 0 radical (unpaired) electrons. The first-order chi connectivity index (χ1) is 9.63. The zero-order chi connectivity index (χ0) is 14.5. The number of aromatic hydroxyl groups is 1. The second kappa shape index (κ2) is 6.61. The van der Waals surface area contributed by atoms with Gasteiger partial charge in [0.2, 0.25) is 0 Å². The molecule has 1 aromatic carbocycles. The number of thioether (sulfide) groups is 1. The summed E-state index contributed by atoms with van der Waals surface area (Å²) in [6.07, 6.45) is 4.45. The van der Waals surface area contributed by atoms with Crippen LogP contribution < -0.4 is 0 Å². The van der Waals surface area contributed by atoms with Crippen LogP contribution in [0.1, 0.15) is 31.7 Å². The van der Waals surface area contributed by atoms with Crippen molar-refractivity contribution in [3.05, 3.63) is 34.7 Å². The van der Waals surface area contributed by atoms with Gasteiger partial charge in [-0.3, -0.25) is 14.5 Å². The monoisotopic (exact) mass is 291 g/mol. The van der Waals surface area contributed by atoms with Crippen molar-refractivity contribution in [3.8, 4) is 5.75 Å². The molecule has 1 fully saturated rings. The van der Waals surface area contributed by atoms with Crippen LogP contribution in [-0.4, -0.2) is 27.7 Å². The number of phenols is 1. The number of carbonyl (C=O) groups is 2. The average molecular weight is 291 g/mol. The van der Waals surface area contributed by atoms with Crippen LogP contribution in [0.4, 0.5) is 4.79 Å². The molecule has 0 unspecified atom stereocenters. The van der Waals surface area contributed by atoms with E-state index in [2.05, 4.69) is 6.92 Å². The molecule has 1 saturated heterocycles. The van der Waals surface area contributed by atoms with Gasteiger partial charge < -0.3 is 5.11 Å². The molecule has 1 heterocycles. The summed E-state index contributed by atoms with van der Waals surface area (Å²) in [4.78, 5) is 25.6. The second-order valence-electron chi connectivity index (χ2n) is 4.60. The minimum Gasteiger partial charge on any atom is -0.507 e. The molecule has 5 heteroatoms. The lowest BCUT2D eigenvalue weighted by Gasteiger charge is -2.11. The Kier molecular flexibility index (Phi) is 4.84. The Morgan fingerprint density at radius 3 is 2.70 bits per heavy atom. The van der Waals surface area contributed by atoms with E-state index in [0.29, 0.717) is 17.0 Å². The summed E-state index contributed by atoms with van der Waals surface area (Å²) >= 11 is 0.931. The third-order valence-electron chi connectivity index (χ3n) is 3.08. The number of hydrogen-bond acceptors (Lipinski definition) is 4. The number of para-hydroxylation sites is 1. The van der Waals surface area contributed by atoms with Crippen LogP contribution in [0.25, 0.3) is 6.08 Å². The number of hydrogen-bond donors (Lipinski definition) is 1. The topological polar surface area (TPSA) is 57.6 Å². The highest BCUT2D eigenvalue weighted by atomic mass is 32.2. The molecule has 4 nitrogen and oxygen atoms in total. The van der Waals surface area contributed by atoms with Crippen LogP contribution >= 0.6 is 11.8 Å². The van der Waals surface area contributed by atoms with Crippen molar-refractivity contribution < 1.29 is 14.7 Å². The van der Waals surface area contributed by atoms with Crippen LogP contribution in [0.5, 0.6) is 5.75 Å². The maximum atomic E-state index is 12.2. The molecule has 20 heavy (non-hydrogen) atoms. The van der Waals surface area contributed by atoms with Gasteiger partial charge in [-0.1, -0.05) is 38.0 Å². The van der Waals surface area contributed by atoms with Gasteiger partial charge >= 0.3 is 0 Å². The molecular formula is C15H17NO3S. The maximum Gasteiger partial charge on any atom is 0.293 e. The quantitative estimate of drug-likeness (QED) is 0.665. The third-order valence-corrected chi connectivity index (χ3v) is 3.99. The first-order valence-corrected chi connectivity index (χ1v) is 7.48. The number of imide groups is 1. The second-order valence-corrected chi connectivity index (χ2v) is 5.59. The van der Waals surface area contributed by atoms with Crippen molar-refractivity contribution in [2.75, 3.05) is 6.54 Å². The summed E-state index contributed by atoms with van der Waals surface area (Å²) in [5.74, 6) is -0.162. The molecule has 0 spiro atoms. The molecule has 2 amide bonds. The minimum absolute atomic E-state index is 0.102. The lowest BCUT2D eigenvalue weighted by molar-refractivity contribution is -0.122. The number of benzene rings is 1. The number of unbranched alkanes of at least 4 members (excludes halogenated alkanes) is 2.